The van der Waals surface area contributed by atoms with Crippen LogP contribution < -0.4 is 5.73 Å². The molecule has 100 valence electrons. The van der Waals surface area contributed by atoms with Crippen LogP contribution in [0.25, 0.3) is 0 Å². The molecule has 18 heavy (non-hydrogen) atoms. The van der Waals surface area contributed by atoms with Crippen LogP contribution in [0.1, 0.15) is 11.5 Å². The van der Waals surface area contributed by atoms with Crippen LogP contribution in [0.3, 0.4) is 0 Å². The summed E-state index contributed by atoms with van der Waals surface area (Å²) in [5.41, 5.74) is 6.92. The van der Waals surface area contributed by atoms with Gasteiger partial charge in [0.15, 0.2) is 0 Å². The fourth-order valence-corrected chi connectivity index (χ4v) is 2.69. The average Bonchev–Trinajstić information content (AvgIpc) is 2.41. The third kappa shape index (κ3) is 3.37. The highest BCUT2D eigenvalue weighted by Crippen LogP contribution is 2.31. The van der Waals surface area contributed by atoms with E-state index in [4.69, 9.17) is 33.7 Å². The summed E-state index contributed by atoms with van der Waals surface area (Å²) in [6, 6.07) is 5.73. The monoisotopic (exact) mass is 288 g/mol. The molecule has 1 aromatic carbocycles. The van der Waals surface area contributed by atoms with Crippen molar-refractivity contribution in [2.75, 3.05) is 39.4 Å². The zero-order valence-corrected chi connectivity index (χ0v) is 11.8. The van der Waals surface area contributed by atoms with Crippen LogP contribution in [0.15, 0.2) is 18.2 Å². The van der Waals surface area contributed by atoms with E-state index in [1.165, 1.54) is 0 Å². The van der Waals surface area contributed by atoms with Crippen LogP contribution in [-0.2, 0) is 4.74 Å². The van der Waals surface area contributed by atoms with Gasteiger partial charge in [-0.15, -0.1) is 0 Å². The van der Waals surface area contributed by atoms with Gasteiger partial charge < -0.3 is 10.5 Å². The van der Waals surface area contributed by atoms with Gasteiger partial charge in [0, 0.05) is 32.1 Å². The topological polar surface area (TPSA) is 38.5 Å². The number of nitrogens with two attached hydrogens (primary N) is 1. The van der Waals surface area contributed by atoms with E-state index < -0.39 is 0 Å². The first-order valence-corrected chi connectivity index (χ1v) is 6.92. The molecule has 0 radical (unpaired) electrons. The van der Waals surface area contributed by atoms with E-state index in [0.29, 0.717) is 16.6 Å². The largest absolute Gasteiger partial charge is 0.379 e. The molecule has 5 heteroatoms. The molecule has 1 atom stereocenters. The molecule has 1 aliphatic rings. The summed E-state index contributed by atoms with van der Waals surface area (Å²) < 4.78 is 5.34. The second-order valence-electron chi connectivity index (χ2n) is 4.49. The molecular formula is C13H18Cl2N2O. The summed E-state index contributed by atoms with van der Waals surface area (Å²) in [4.78, 5) is 2.36. The Bertz CT molecular complexity index is 395. The molecule has 1 saturated heterocycles. The number of hydrogen-bond donors (Lipinski definition) is 1. The number of benzene rings is 1. The molecule has 1 fully saturated rings. The third-order valence-corrected chi connectivity index (χ3v) is 4.12. The number of nitrogens with zero attached hydrogens (tertiary/aromatic N) is 1. The van der Waals surface area contributed by atoms with Crippen molar-refractivity contribution < 1.29 is 4.74 Å². The summed E-state index contributed by atoms with van der Waals surface area (Å²) in [5.74, 6) is 0.217. The van der Waals surface area contributed by atoms with Crippen molar-refractivity contribution in [1.29, 1.82) is 0 Å². The molecule has 0 aromatic heterocycles. The predicted molar refractivity (Wildman–Crippen MR) is 75.5 cm³/mol. The van der Waals surface area contributed by atoms with Gasteiger partial charge in [-0.25, -0.2) is 0 Å². The molecule has 3 nitrogen and oxygen atoms in total. The second kappa shape index (κ2) is 6.73. The molecule has 0 amide bonds. The number of hydrogen-bond acceptors (Lipinski definition) is 3. The van der Waals surface area contributed by atoms with Crippen molar-refractivity contribution in [2.24, 2.45) is 5.73 Å². The highest BCUT2D eigenvalue weighted by atomic mass is 35.5. The number of ether oxygens (including phenoxy) is 1. The molecule has 1 unspecified atom stereocenters. The standard InChI is InChI=1S/C13H18Cl2N2O/c14-12-3-1-2-11(13(12)15)10(8-16)9-17-4-6-18-7-5-17/h1-3,10H,4-9,16H2. The van der Waals surface area contributed by atoms with Gasteiger partial charge in [-0.05, 0) is 11.6 Å². The van der Waals surface area contributed by atoms with Crippen molar-refractivity contribution in [3.63, 3.8) is 0 Å². The Morgan fingerprint density at radius 2 is 2.00 bits per heavy atom. The molecule has 0 saturated carbocycles. The van der Waals surface area contributed by atoms with Crippen LogP contribution >= 0.6 is 23.2 Å². The van der Waals surface area contributed by atoms with Gasteiger partial charge in [-0.2, -0.15) is 0 Å². The van der Waals surface area contributed by atoms with Crippen molar-refractivity contribution in [3.8, 4) is 0 Å². The summed E-state index contributed by atoms with van der Waals surface area (Å²) in [6.07, 6.45) is 0. The van der Waals surface area contributed by atoms with E-state index in [-0.39, 0.29) is 5.92 Å². The fourth-order valence-electron chi connectivity index (χ4n) is 2.23. The Balaban J connectivity index is 2.09. The Morgan fingerprint density at radius 3 is 2.67 bits per heavy atom. The first-order chi connectivity index (χ1) is 8.72. The smallest absolute Gasteiger partial charge is 0.0628 e. The second-order valence-corrected chi connectivity index (χ2v) is 5.27. The van der Waals surface area contributed by atoms with Gasteiger partial charge in [-0.1, -0.05) is 35.3 Å². The molecule has 0 bridgehead atoms. The van der Waals surface area contributed by atoms with E-state index in [1.54, 1.807) is 6.07 Å². The zero-order valence-electron chi connectivity index (χ0n) is 10.2. The van der Waals surface area contributed by atoms with Gasteiger partial charge in [0.25, 0.3) is 0 Å². The van der Waals surface area contributed by atoms with E-state index in [9.17, 15) is 0 Å². The quantitative estimate of drug-likeness (QED) is 0.925. The maximum Gasteiger partial charge on any atom is 0.0628 e. The summed E-state index contributed by atoms with van der Waals surface area (Å²) >= 11 is 12.3. The maximum atomic E-state index is 6.25. The van der Waals surface area contributed by atoms with Crippen molar-refractivity contribution >= 4 is 23.2 Å². The summed E-state index contributed by atoms with van der Waals surface area (Å²) in [7, 11) is 0. The van der Waals surface area contributed by atoms with E-state index in [0.717, 1.165) is 38.4 Å². The Kier molecular flexibility index (Phi) is 5.27. The third-order valence-electron chi connectivity index (χ3n) is 3.29. The Labute approximate surface area is 118 Å². The predicted octanol–water partition coefficient (Wildman–Crippen LogP) is 2.37. The first-order valence-electron chi connectivity index (χ1n) is 6.16. The van der Waals surface area contributed by atoms with Gasteiger partial charge in [-0.3, -0.25) is 4.90 Å². The van der Waals surface area contributed by atoms with Gasteiger partial charge in [0.1, 0.15) is 0 Å². The molecule has 1 aliphatic heterocycles. The highest BCUT2D eigenvalue weighted by Gasteiger charge is 2.19. The zero-order chi connectivity index (χ0) is 13.0. The summed E-state index contributed by atoms with van der Waals surface area (Å²) in [6.45, 7) is 4.96. The van der Waals surface area contributed by atoms with Crippen LogP contribution in [0.4, 0.5) is 0 Å². The van der Waals surface area contributed by atoms with E-state index in [2.05, 4.69) is 4.90 Å². The van der Waals surface area contributed by atoms with Crippen LogP contribution in [0.2, 0.25) is 10.0 Å². The van der Waals surface area contributed by atoms with Gasteiger partial charge in [0.2, 0.25) is 0 Å². The maximum absolute atomic E-state index is 6.25. The van der Waals surface area contributed by atoms with E-state index in [1.807, 2.05) is 12.1 Å². The van der Waals surface area contributed by atoms with Crippen molar-refractivity contribution in [1.82, 2.24) is 4.90 Å². The fraction of sp³-hybridized carbons (Fsp3) is 0.538. The molecule has 1 heterocycles. The lowest BCUT2D eigenvalue weighted by atomic mass is 9.98. The minimum absolute atomic E-state index is 0.217. The van der Waals surface area contributed by atoms with Crippen LogP contribution in [0, 0.1) is 0 Å². The minimum atomic E-state index is 0.217. The number of morpholine rings is 1. The van der Waals surface area contributed by atoms with Crippen molar-refractivity contribution in [3.05, 3.63) is 33.8 Å². The highest BCUT2D eigenvalue weighted by molar-refractivity contribution is 6.42. The normalized spacial score (nSPS) is 18.8. The molecule has 2 N–H and O–H groups in total. The average molecular weight is 289 g/mol. The lowest BCUT2D eigenvalue weighted by Crippen LogP contribution is -2.40. The SMILES string of the molecule is NCC(CN1CCOCC1)c1cccc(Cl)c1Cl. The molecule has 0 aliphatic carbocycles. The first kappa shape index (κ1) is 14.1. The molecule has 2 rings (SSSR count). The van der Waals surface area contributed by atoms with Crippen molar-refractivity contribution in [2.45, 2.75) is 5.92 Å². The van der Waals surface area contributed by atoms with Crippen LogP contribution in [0.5, 0.6) is 0 Å². The van der Waals surface area contributed by atoms with E-state index >= 15 is 0 Å². The molecular weight excluding hydrogens is 271 g/mol. The lowest BCUT2D eigenvalue weighted by Gasteiger charge is -2.30. The summed E-state index contributed by atoms with van der Waals surface area (Å²) in [5, 5.41) is 1.22. The number of halogens is 2. The lowest BCUT2D eigenvalue weighted by molar-refractivity contribution is 0.0353. The Morgan fingerprint density at radius 1 is 1.28 bits per heavy atom. The minimum Gasteiger partial charge on any atom is -0.379 e. The van der Waals surface area contributed by atoms with Crippen LogP contribution in [-0.4, -0.2) is 44.3 Å². The van der Waals surface area contributed by atoms with Gasteiger partial charge >= 0.3 is 0 Å². The Hall–Kier alpha value is -0.320. The molecule has 0 spiro atoms. The number of rotatable bonds is 4. The molecule has 1 aromatic rings. The van der Waals surface area contributed by atoms with Gasteiger partial charge in [0.05, 0.1) is 23.3 Å².